The first-order valence-electron chi connectivity index (χ1n) is 10.9. The van der Waals surface area contributed by atoms with Crippen molar-refractivity contribution >= 4 is 43.8 Å². The number of hydrogen-bond donors (Lipinski definition) is 1. The molecule has 9 nitrogen and oxygen atoms in total. The van der Waals surface area contributed by atoms with Crippen LogP contribution in [0.2, 0.25) is 0 Å². The van der Waals surface area contributed by atoms with E-state index in [-0.39, 0.29) is 62.0 Å². The fraction of sp³-hybridized carbons (Fsp3) is 0.348. The van der Waals surface area contributed by atoms with Gasteiger partial charge in [0.15, 0.2) is 0 Å². The van der Waals surface area contributed by atoms with Crippen LogP contribution in [-0.4, -0.2) is 79.6 Å². The molecule has 0 aliphatic carbocycles. The number of piperazine rings is 1. The molecule has 4 amide bonds. The SMILES string of the molecule is Cc1ccc(S(=O)(=O)N2CCN(C(=O)NCCCN3C(=O)c4ccc(Br)cc4C3=O)CC2)cc1. The Morgan fingerprint density at radius 2 is 1.62 bits per heavy atom. The van der Waals surface area contributed by atoms with E-state index in [9.17, 15) is 22.8 Å². The van der Waals surface area contributed by atoms with Crippen molar-refractivity contribution in [2.45, 2.75) is 18.2 Å². The van der Waals surface area contributed by atoms with Gasteiger partial charge in [0.2, 0.25) is 10.0 Å². The first-order chi connectivity index (χ1) is 16.2. The lowest BCUT2D eigenvalue weighted by molar-refractivity contribution is 0.0653. The zero-order valence-electron chi connectivity index (χ0n) is 18.7. The van der Waals surface area contributed by atoms with Crippen molar-refractivity contribution in [3.05, 3.63) is 63.6 Å². The molecule has 0 spiro atoms. The van der Waals surface area contributed by atoms with Gasteiger partial charge in [-0.15, -0.1) is 0 Å². The van der Waals surface area contributed by atoms with Gasteiger partial charge >= 0.3 is 6.03 Å². The van der Waals surface area contributed by atoms with Crippen LogP contribution in [0.5, 0.6) is 0 Å². The van der Waals surface area contributed by atoms with Crippen molar-refractivity contribution in [1.82, 2.24) is 19.4 Å². The zero-order chi connectivity index (χ0) is 24.5. The largest absolute Gasteiger partial charge is 0.338 e. The Hall–Kier alpha value is -2.76. The van der Waals surface area contributed by atoms with E-state index in [1.54, 1.807) is 47.4 Å². The maximum absolute atomic E-state index is 12.8. The Balaban J connectivity index is 1.23. The van der Waals surface area contributed by atoms with Crippen LogP contribution in [-0.2, 0) is 10.0 Å². The second-order valence-corrected chi connectivity index (χ2v) is 11.1. The van der Waals surface area contributed by atoms with Crippen LogP contribution in [0.4, 0.5) is 4.79 Å². The number of nitrogens with zero attached hydrogens (tertiary/aromatic N) is 3. The average molecular weight is 549 g/mol. The van der Waals surface area contributed by atoms with Gasteiger partial charge in [-0.2, -0.15) is 4.31 Å². The maximum Gasteiger partial charge on any atom is 0.317 e. The number of carbonyl (C=O) groups excluding carboxylic acids is 3. The molecule has 34 heavy (non-hydrogen) atoms. The molecule has 1 saturated heterocycles. The van der Waals surface area contributed by atoms with Gasteiger partial charge in [0.05, 0.1) is 16.0 Å². The van der Waals surface area contributed by atoms with Crippen LogP contribution in [0, 0.1) is 6.92 Å². The maximum atomic E-state index is 12.8. The van der Waals surface area contributed by atoms with Gasteiger partial charge in [0.25, 0.3) is 11.8 Å². The minimum atomic E-state index is -3.59. The van der Waals surface area contributed by atoms with E-state index in [0.717, 1.165) is 10.0 Å². The lowest BCUT2D eigenvalue weighted by Crippen LogP contribution is -2.53. The first-order valence-corrected chi connectivity index (χ1v) is 13.2. The molecule has 0 saturated carbocycles. The molecular formula is C23H25BrN4O5S. The van der Waals surface area contributed by atoms with E-state index >= 15 is 0 Å². The molecule has 0 aromatic heterocycles. The molecular weight excluding hydrogens is 524 g/mol. The summed E-state index contributed by atoms with van der Waals surface area (Å²) < 4.78 is 27.7. The summed E-state index contributed by atoms with van der Waals surface area (Å²) in [6, 6.07) is 11.4. The number of amides is 4. The van der Waals surface area contributed by atoms with Gasteiger partial charge in [-0.1, -0.05) is 33.6 Å². The van der Waals surface area contributed by atoms with Crippen molar-refractivity contribution < 1.29 is 22.8 Å². The lowest BCUT2D eigenvalue weighted by Gasteiger charge is -2.34. The number of imide groups is 1. The van der Waals surface area contributed by atoms with Crippen molar-refractivity contribution in [3.63, 3.8) is 0 Å². The van der Waals surface area contributed by atoms with Gasteiger partial charge < -0.3 is 10.2 Å². The second kappa shape index (κ2) is 9.85. The Labute approximate surface area is 206 Å². The predicted octanol–water partition coefficient (Wildman–Crippen LogP) is 2.46. The highest BCUT2D eigenvalue weighted by Gasteiger charge is 2.35. The number of urea groups is 1. The van der Waals surface area contributed by atoms with Crippen LogP contribution in [0.1, 0.15) is 32.7 Å². The van der Waals surface area contributed by atoms with Gasteiger partial charge in [0, 0.05) is 43.7 Å². The highest BCUT2D eigenvalue weighted by molar-refractivity contribution is 9.10. The number of fused-ring (bicyclic) bond motifs is 1. The summed E-state index contributed by atoms with van der Waals surface area (Å²) in [5, 5.41) is 2.79. The summed E-state index contributed by atoms with van der Waals surface area (Å²) in [6.07, 6.45) is 0.417. The normalized spacial score (nSPS) is 16.6. The fourth-order valence-electron chi connectivity index (χ4n) is 4.00. The smallest absolute Gasteiger partial charge is 0.317 e. The Kier molecular flexibility index (Phi) is 7.06. The average Bonchev–Trinajstić information content (AvgIpc) is 3.06. The molecule has 1 fully saturated rings. The van der Waals surface area contributed by atoms with Crippen molar-refractivity contribution in [1.29, 1.82) is 0 Å². The van der Waals surface area contributed by atoms with Gasteiger partial charge in [0.1, 0.15) is 0 Å². The molecule has 180 valence electrons. The first kappa shape index (κ1) is 24.4. The van der Waals surface area contributed by atoms with Crippen LogP contribution < -0.4 is 5.32 Å². The predicted molar refractivity (Wildman–Crippen MR) is 129 cm³/mol. The Morgan fingerprint density at radius 3 is 2.29 bits per heavy atom. The van der Waals surface area contributed by atoms with Gasteiger partial charge in [-0.3, -0.25) is 14.5 Å². The number of nitrogens with one attached hydrogen (secondary N) is 1. The summed E-state index contributed by atoms with van der Waals surface area (Å²) in [5.74, 6) is -0.664. The van der Waals surface area contributed by atoms with Gasteiger partial charge in [-0.25, -0.2) is 13.2 Å². The molecule has 0 atom stereocenters. The standard InChI is InChI=1S/C23H25BrN4O5S/c1-16-3-6-18(7-4-16)34(32,33)27-13-11-26(12-14-27)23(31)25-9-2-10-28-21(29)19-8-5-17(24)15-20(19)22(28)30/h3-8,15H,2,9-14H2,1H3,(H,25,31). The summed E-state index contributed by atoms with van der Waals surface area (Å²) in [7, 11) is -3.59. The fourth-order valence-corrected chi connectivity index (χ4v) is 5.78. The lowest BCUT2D eigenvalue weighted by atomic mass is 10.1. The van der Waals surface area contributed by atoms with E-state index in [0.29, 0.717) is 17.5 Å². The number of aryl methyl sites for hydroxylation is 1. The van der Waals surface area contributed by atoms with Crippen LogP contribution in [0.25, 0.3) is 0 Å². The zero-order valence-corrected chi connectivity index (χ0v) is 21.1. The highest BCUT2D eigenvalue weighted by Crippen LogP contribution is 2.26. The molecule has 0 radical (unpaired) electrons. The summed E-state index contributed by atoms with van der Waals surface area (Å²) in [6.45, 7) is 3.38. The third-order valence-electron chi connectivity index (χ3n) is 5.95. The number of rotatable bonds is 6. The van der Waals surface area contributed by atoms with Crippen LogP contribution >= 0.6 is 15.9 Å². The molecule has 2 aliphatic heterocycles. The summed E-state index contributed by atoms with van der Waals surface area (Å²) in [4.78, 5) is 40.5. The monoisotopic (exact) mass is 548 g/mol. The molecule has 4 rings (SSSR count). The Morgan fingerprint density at radius 1 is 0.971 bits per heavy atom. The minimum Gasteiger partial charge on any atom is -0.338 e. The van der Waals surface area contributed by atoms with E-state index in [4.69, 9.17) is 0 Å². The third-order valence-corrected chi connectivity index (χ3v) is 8.36. The minimum absolute atomic E-state index is 0.201. The van der Waals surface area contributed by atoms with Crippen molar-refractivity contribution in [3.8, 4) is 0 Å². The molecule has 0 bridgehead atoms. The van der Waals surface area contributed by atoms with Crippen LogP contribution in [0.3, 0.4) is 0 Å². The second-order valence-electron chi connectivity index (χ2n) is 8.24. The van der Waals surface area contributed by atoms with Gasteiger partial charge in [-0.05, 0) is 43.7 Å². The third kappa shape index (κ3) is 4.86. The summed E-state index contributed by atoms with van der Waals surface area (Å²) in [5.41, 5.74) is 1.74. The topological polar surface area (TPSA) is 107 Å². The number of hydrogen-bond acceptors (Lipinski definition) is 5. The molecule has 2 aliphatic rings. The quantitative estimate of drug-likeness (QED) is 0.440. The number of benzene rings is 2. The molecule has 1 N–H and O–H groups in total. The van der Waals surface area contributed by atoms with Crippen molar-refractivity contribution in [2.75, 3.05) is 39.3 Å². The number of sulfonamides is 1. The van der Waals surface area contributed by atoms with E-state index in [1.165, 1.54) is 9.21 Å². The molecule has 11 heteroatoms. The summed E-state index contributed by atoms with van der Waals surface area (Å²) >= 11 is 3.31. The van der Waals surface area contributed by atoms with E-state index < -0.39 is 10.0 Å². The van der Waals surface area contributed by atoms with Crippen molar-refractivity contribution in [2.24, 2.45) is 0 Å². The van der Waals surface area contributed by atoms with Crippen LogP contribution in [0.15, 0.2) is 51.8 Å². The van der Waals surface area contributed by atoms with E-state index in [2.05, 4.69) is 21.2 Å². The molecule has 0 unspecified atom stereocenters. The Bertz CT molecular complexity index is 1220. The number of carbonyl (C=O) groups is 3. The molecule has 2 aromatic rings. The highest BCUT2D eigenvalue weighted by atomic mass is 79.9. The van der Waals surface area contributed by atoms with E-state index in [1.807, 2.05) is 6.92 Å². The number of halogens is 1. The molecule has 2 aromatic carbocycles. The molecule has 2 heterocycles.